The second-order valence-corrected chi connectivity index (χ2v) is 4.64. The maximum absolute atomic E-state index is 10.9. The fourth-order valence-corrected chi connectivity index (χ4v) is 2.75. The second kappa shape index (κ2) is 3.83. The van der Waals surface area contributed by atoms with Crippen LogP contribution in [-0.4, -0.2) is 11.1 Å². The molecule has 1 aromatic carbocycles. The van der Waals surface area contributed by atoms with E-state index in [0.29, 0.717) is 10.8 Å². The summed E-state index contributed by atoms with van der Waals surface area (Å²) < 4.78 is 0.999. The van der Waals surface area contributed by atoms with Gasteiger partial charge in [-0.15, -0.1) is 22.9 Å². The highest BCUT2D eigenvalue weighted by Crippen LogP contribution is 2.31. The zero-order valence-electron chi connectivity index (χ0n) is 8.08. The van der Waals surface area contributed by atoms with Crippen molar-refractivity contribution in [1.82, 2.24) is 0 Å². The molecule has 0 aliphatic carbocycles. The van der Waals surface area contributed by atoms with Crippen molar-refractivity contribution in [3.8, 4) is 0 Å². The second-order valence-electron chi connectivity index (χ2n) is 3.33. The Hall–Kier alpha value is -1.06. The molecule has 1 heterocycles. The van der Waals surface area contributed by atoms with E-state index in [1.165, 1.54) is 11.3 Å². The lowest BCUT2D eigenvalue weighted by molar-refractivity contribution is 0.0701. The van der Waals surface area contributed by atoms with E-state index in [0.717, 1.165) is 21.2 Å². The lowest BCUT2D eigenvalue weighted by atomic mass is 10.1. The monoisotopic (exact) mass is 240 g/mol. The van der Waals surface area contributed by atoms with E-state index < -0.39 is 5.97 Å². The number of carbonyl (C=O) groups is 1. The third-order valence-electron chi connectivity index (χ3n) is 2.35. The number of carboxylic acid groups (broad SMARTS) is 1. The number of aromatic carboxylic acids is 1. The third kappa shape index (κ3) is 1.73. The minimum absolute atomic E-state index is 0.414. The Kier molecular flexibility index (Phi) is 2.67. The van der Waals surface area contributed by atoms with Crippen molar-refractivity contribution in [3.05, 3.63) is 34.2 Å². The number of hydrogen-bond acceptors (Lipinski definition) is 2. The Balaban J connectivity index is 2.72. The lowest BCUT2D eigenvalue weighted by Crippen LogP contribution is -1.93. The molecule has 0 saturated heterocycles. The van der Waals surface area contributed by atoms with Crippen LogP contribution in [0.3, 0.4) is 0 Å². The average Bonchev–Trinajstić information content (AvgIpc) is 2.56. The Morgan fingerprint density at radius 1 is 1.53 bits per heavy atom. The van der Waals surface area contributed by atoms with Crippen LogP contribution >= 0.6 is 22.9 Å². The normalized spacial score (nSPS) is 10.8. The van der Waals surface area contributed by atoms with Crippen LogP contribution in [-0.2, 0) is 5.88 Å². The van der Waals surface area contributed by atoms with Crippen molar-refractivity contribution in [2.24, 2.45) is 0 Å². The Morgan fingerprint density at radius 2 is 2.27 bits per heavy atom. The highest BCUT2D eigenvalue weighted by molar-refractivity contribution is 7.21. The number of carboxylic acids is 1. The van der Waals surface area contributed by atoms with E-state index >= 15 is 0 Å². The summed E-state index contributed by atoms with van der Waals surface area (Å²) in [5, 5.41) is 9.97. The minimum atomic E-state index is -0.860. The first-order valence-electron chi connectivity index (χ1n) is 4.44. The molecule has 2 nitrogen and oxygen atoms in total. The van der Waals surface area contributed by atoms with E-state index in [4.69, 9.17) is 16.7 Å². The van der Waals surface area contributed by atoms with Crippen molar-refractivity contribution >= 4 is 39.0 Å². The predicted octanol–water partition coefficient (Wildman–Crippen LogP) is 3.65. The molecular formula is C11H9ClO2S. The number of halogens is 1. The first-order valence-corrected chi connectivity index (χ1v) is 5.80. The van der Waals surface area contributed by atoms with Crippen LogP contribution in [0.25, 0.3) is 10.1 Å². The van der Waals surface area contributed by atoms with Gasteiger partial charge in [0, 0.05) is 10.6 Å². The van der Waals surface area contributed by atoms with E-state index in [-0.39, 0.29) is 0 Å². The molecule has 2 rings (SSSR count). The molecule has 1 N–H and O–H groups in total. The van der Waals surface area contributed by atoms with Gasteiger partial charge in [0.25, 0.3) is 0 Å². The van der Waals surface area contributed by atoms with Gasteiger partial charge in [-0.25, -0.2) is 4.79 Å². The van der Waals surface area contributed by atoms with Crippen LogP contribution in [0.1, 0.15) is 20.8 Å². The van der Waals surface area contributed by atoms with Crippen LogP contribution < -0.4 is 0 Å². The van der Waals surface area contributed by atoms with Gasteiger partial charge in [-0.2, -0.15) is 0 Å². The zero-order chi connectivity index (χ0) is 11.0. The lowest BCUT2D eigenvalue weighted by Gasteiger charge is -1.96. The number of hydrogen-bond donors (Lipinski definition) is 1. The SMILES string of the molecule is Cc1c(C(=O)O)sc2ccc(CCl)cc12. The van der Waals surface area contributed by atoms with Crippen LogP contribution in [0.2, 0.25) is 0 Å². The van der Waals surface area contributed by atoms with Crippen LogP contribution in [0.5, 0.6) is 0 Å². The number of thiophene rings is 1. The van der Waals surface area contributed by atoms with Crippen molar-refractivity contribution < 1.29 is 9.90 Å². The largest absolute Gasteiger partial charge is 0.477 e. The molecule has 2 aromatic rings. The molecule has 0 bridgehead atoms. The quantitative estimate of drug-likeness (QED) is 0.814. The van der Waals surface area contributed by atoms with Crippen LogP contribution in [0.15, 0.2) is 18.2 Å². The third-order valence-corrected chi connectivity index (χ3v) is 3.92. The average molecular weight is 241 g/mol. The summed E-state index contributed by atoms with van der Waals surface area (Å²) in [6.45, 7) is 1.83. The van der Waals surface area contributed by atoms with E-state index in [1.807, 2.05) is 25.1 Å². The molecule has 0 aliphatic rings. The predicted molar refractivity (Wildman–Crippen MR) is 63.1 cm³/mol. The molecule has 0 saturated carbocycles. The van der Waals surface area contributed by atoms with Gasteiger partial charge in [-0.3, -0.25) is 0 Å². The van der Waals surface area contributed by atoms with Crippen molar-refractivity contribution in [1.29, 1.82) is 0 Å². The summed E-state index contributed by atoms with van der Waals surface area (Å²) in [5.41, 5.74) is 1.84. The smallest absolute Gasteiger partial charge is 0.346 e. The topological polar surface area (TPSA) is 37.3 Å². The van der Waals surface area contributed by atoms with Crippen LogP contribution in [0.4, 0.5) is 0 Å². The van der Waals surface area contributed by atoms with E-state index in [1.54, 1.807) is 0 Å². The Labute approximate surface area is 96.1 Å². The summed E-state index contributed by atoms with van der Waals surface area (Å²) in [6, 6.07) is 5.81. The molecule has 1 aromatic heterocycles. The summed E-state index contributed by atoms with van der Waals surface area (Å²) >= 11 is 7.04. The maximum Gasteiger partial charge on any atom is 0.346 e. The summed E-state index contributed by atoms with van der Waals surface area (Å²) in [5.74, 6) is -0.408. The van der Waals surface area contributed by atoms with Gasteiger partial charge in [0.05, 0.1) is 0 Å². The highest BCUT2D eigenvalue weighted by atomic mass is 35.5. The molecule has 15 heavy (non-hydrogen) atoms. The number of aryl methyl sites for hydroxylation is 1. The zero-order valence-corrected chi connectivity index (χ0v) is 9.65. The fourth-order valence-electron chi connectivity index (χ4n) is 1.56. The molecule has 78 valence electrons. The fraction of sp³-hybridized carbons (Fsp3) is 0.182. The van der Waals surface area contributed by atoms with Crippen molar-refractivity contribution in [2.75, 3.05) is 0 Å². The number of fused-ring (bicyclic) bond motifs is 1. The molecule has 0 amide bonds. The molecule has 4 heteroatoms. The standard InChI is InChI=1S/C11H9ClO2S/c1-6-8-4-7(5-12)2-3-9(8)15-10(6)11(13)14/h2-4H,5H2,1H3,(H,13,14). The van der Waals surface area contributed by atoms with Gasteiger partial charge in [0.15, 0.2) is 0 Å². The molecule has 0 aliphatic heterocycles. The Bertz CT molecular complexity index is 531. The van der Waals surface area contributed by atoms with Crippen molar-refractivity contribution in [3.63, 3.8) is 0 Å². The van der Waals surface area contributed by atoms with Gasteiger partial charge in [-0.05, 0) is 35.6 Å². The first kappa shape index (κ1) is 10.5. The molecule has 0 unspecified atom stereocenters. The van der Waals surface area contributed by atoms with Gasteiger partial charge in [0.1, 0.15) is 4.88 Å². The number of alkyl halides is 1. The molecule has 0 fully saturated rings. The van der Waals surface area contributed by atoms with E-state index in [9.17, 15) is 4.79 Å². The molecule has 0 atom stereocenters. The summed E-state index contributed by atoms with van der Waals surface area (Å²) in [4.78, 5) is 11.3. The van der Waals surface area contributed by atoms with E-state index in [2.05, 4.69) is 0 Å². The first-order chi connectivity index (χ1) is 7.13. The summed E-state index contributed by atoms with van der Waals surface area (Å²) in [6.07, 6.45) is 0. The van der Waals surface area contributed by atoms with Crippen LogP contribution in [0, 0.1) is 6.92 Å². The van der Waals surface area contributed by atoms with Gasteiger partial charge < -0.3 is 5.11 Å². The molecule has 0 radical (unpaired) electrons. The maximum atomic E-state index is 10.9. The highest BCUT2D eigenvalue weighted by Gasteiger charge is 2.14. The number of rotatable bonds is 2. The number of benzene rings is 1. The van der Waals surface area contributed by atoms with Gasteiger partial charge >= 0.3 is 5.97 Å². The van der Waals surface area contributed by atoms with Gasteiger partial charge in [-0.1, -0.05) is 6.07 Å². The summed E-state index contributed by atoms with van der Waals surface area (Å²) in [7, 11) is 0. The Morgan fingerprint density at radius 3 is 2.87 bits per heavy atom. The van der Waals surface area contributed by atoms with Gasteiger partial charge in [0.2, 0.25) is 0 Å². The molecule has 0 spiro atoms. The minimum Gasteiger partial charge on any atom is -0.477 e. The van der Waals surface area contributed by atoms with Crippen molar-refractivity contribution in [2.45, 2.75) is 12.8 Å². The molecular weight excluding hydrogens is 232 g/mol.